The van der Waals surface area contributed by atoms with Crippen LogP contribution in [0.3, 0.4) is 0 Å². The van der Waals surface area contributed by atoms with Crippen LogP contribution in [-0.2, 0) is 10.3 Å². The van der Waals surface area contributed by atoms with Crippen molar-refractivity contribution in [1.29, 1.82) is 0 Å². The molecular formula is C11H18N2O4S. The van der Waals surface area contributed by atoms with E-state index in [1.807, 2.05) is 18.6 Å². The van der Waals surface area contributed by atoms with Gasteiger partial charge in [0.15, 0.2) is 0 Å². The molecule has 0 spiro atoms. The van der Waals surface area contributed by atoms with E-state index in [9.17, 15) is 8.42 Å². The maximum atomic E-state index is 10.8. The normalized spacial score (nSPS) is 11.1. The van der Waals surface area contributed by atoms with Crippen LogP contribution in [0.2, 0.25) is 0 Å². The zero-order valence-corrected chi connectivity index (χ0v) is 11.5. The van der Waals surface area contributed by atoms with Gasteiger partial charge in [0.2, 0.25) is 0 Å². The van der Waals surface area contributed by atoms with Gasteiger partial charge in [0, 0.05) is 24.8 Å². The summed E-state index contributed by atoms with van der Waals surface area (Å²) in [4.78, 5) is 2.10. The number of nitrogens with one attached hydrogen (secondary N) is 1. The summed E-state index contributed by atoms with van der Waals surface area (Å²) in [6, 6.07) is 5.05. The van der Waals surface area contributed by atoms with Crippen molar-refractivity contribution in [3.05, 3.63) is 18.2 Å². The number of ether oxygens (including phenoxy) is 1. The fraction of sp³-hybridized carbons (Fsp3) is 0.455. The lowest BCUT2D eigenvalue weighted by molar-refractivity contribution is 0.416. The summed E-state index contributed by atoms with van der Waals surface area (Å²) in [5.41, 5.74) is 1.13. The van der Waals surface area contributed by atoms with Crippen molar-refractivity contribution in [2.24, 2.45) is 0 Å². The maximum Gasteiger partial charge on any atom is 0.357 e. The lowest BCUT2D eigenvalue weighted by Crippen LogP contribution is -2.21. The lowest BCUT2D eigenvalue weighted by atomic mass is 10.2. The van der Waals surface area contributed by atoms with Gasteiger partial charge in [-0.1, -0.05) is 0 Å². The zero-order chi connectivity index (χ0) is 13.8. The minimum absolute atomic E-state index is 0.205. The van der Waals surface area contributed by atoms with E-state index in [1.54, 1.807) is 18.2 Å². The Labute approximate surface area is 107 Å². The van der Waals surface area contributed by atoms with Gasteiger partial charge in [-0.25, -0.2) is 0 Å². The zero-order valence-electron chi connectivity index (χ0n) is 10.7. The van der Waals surface area contributed by atoms with Crippen molar-refractivity contribution in [3.63, 3.8) is 0 Å². The van der Waals surface area contributed by atoms with Crippen molar-refractivity contribution >= 4 is 21.7 Å². The fourth-order valence-corrected chi connectivity index (χ4v) is 2.14. The van der Waals surface area contributed by atoms with Crippen LogP contribution in [0.1, 0.15) is 13.8 Å². The first-order valence-electron chi connectivity index (χ1n) is 5.59. The molecule has 0 saturated carbocycles. The number of hydrogen-bond donors (Lipinski definition) is 2. The molecule has 0 aliphatic carbocycles. The van der Waals surface area contributed by atoms with Gasteiger partial charge in [-0.2, -0.15) is 8.42 Å². The number of hydrogen-bond acceptors (Lipinski definition) is 4. The molecule has 1 rings (SSSR count). The summed E-state index contributed by atoms with van der Waals surface area (Å²) in [5.74, 6) is 0.358. The van der Waals surface area contributed by atoms with Crippen molar-refractivity contribution in [3.8, 4) is 5.75 Å². The van der Waals surface area contributed by atoms with E-state index < -0.39 is 10.3 Å². The third-order valence-electron chi connectivity index (χ3n) is 2.55. The maximum absolute atomic E-state index is 10.8. The SMILES string of the molecule is CCN(CC)c1ccc(NS(=O)(=O)O)c(OC)c1. The minimum atomic E-state index is -4.30. The highest BCUT2D eigenvalue weighted by atomic mass is 32.2. The number of rotatable bonds is 6. The molecule has 0 aliphatic heterocycles. The van der Waals surface area contributed by atoms with E-state index in [0.29, 0.717) is 5.75 Å². The molecule has 0 saturated heterocycles. The predicted molar refractivity (Wildman–Crippen MR) is 71.7 cm³/mol. The fourth-order valence-electron chi connectivity index (χ4n) is 1.69. The first kappa shape index (κ1) is 14.6. The molecule has 18 heavy (non-hydrogen) atoms. The Morgan fingerprint density at radius 2 is 1.94 bits per heavy atom. The number of nitrogens with zero attached hydrogens (tertiary/aromatic N) is 1. The molecule has 102 valence electrons. The average molecular weight is 274 g/mol. The monoisotopic (exact) mass is 274 g/mol. The van der Waals surface area contributed by atoms with E-state index in [4.69, 9.17) is 9.29 Å². The molecule has 2 N–H and O–H groups in total. The predicted octanol–water partition coefficient (Wildman–Crippen LogP) is 1.76. The van der Waals surface area contributed by atoms with E-state index in [2.05, 4.69) is 4.90 Å². The summed E-state index contributed by atoms with van der Waals surface area (Å²) in [6.45, 7) is 5.73. The second kappa shape index (κ2) is 5.92. The molecule has 7 heteroatoms. The molecule has 0 fully saturated rings. The highest BCUT2D eigenvalue weighted by Gasteiger charge is 2.12. The average Bonchev–Trinajstić information content (AvgIpc) is 2.30. The Hall–Kier alpha value is -1.47. The molecule has 0 aromatic heterocycles. The van der Waals surface area contributed by atoms with Crippen molar-refractivity contribution in [2.75, 3.05) is 29.8 Å². The number of benzene rings is 1. The van der Waals surface area contributed by atoms with Gasteiger partial charge in [0.1, 0.15) is 5.75 Å². The van der Waals surface area contributed by atoms with Crippen LogP contribution in [0, 0.1) is 0 Å². The molecule has 0 heterocycles. The number of anilines is 2. The van der Waals surface area contributed by atoms with Crippen molar-refractivity contribution < 1.29 is 17.7 Å². The van der Waals surface area contributed by atoms with E-state index >= 15 is 0 Å². The molecule has 1 aromatic carbocycles. The van der Waals surface area contributed by atoms with Gasteiger partial charge < -0.3 is 9.64 Å². The largest absolute Gasteiger partial charge is 0.494 e. The Bertz CT molecular complexity index is 498. The van der Waals surface area contributed by atoms with Gasteiger partial charge in [-0.3, -0.25) is 9.27 Å². The molecule has 0 atom stereocenters. The topological polar surface area (TPSA) is 78.9 Å². The first-order valence-corrected chi connectivity index (χ1v) is 7.03. The third-order valence-corrected chi connectivity index (χ3v) is 3.03. The Kier molecular flexibility index (Phi) is 4.80. The molecule has 0 radical (unpaired) electrons. The molecular weight excluding hydrogens is 256 g/mol. The van der Waals surface area contributed by atoms with Crippen LogP contribution >= 0.6 is 0 Å². The van der Waals surface area contributed by atoms with Crippen LogP contribution in [0.15, 0.2) is 18.2 Å². The molecule has 0 amide bonds. The van der Waals surface area contributed by atoms with Crippen LogP contribution in [0.4, 0.5) is 11.4 Å². The highest BCUT2D eigenvalue weighted by Crippen LogP contribution is 2.30. The van der Waals surface area contributed by atoms with Crippen molar-refractivity contribution in [2.45, 2.75) is 13.8 Å². The van der Waals surface area contributed by atoms with Crippen LogP contribution < -0.4 is 14.4 Å². The van der Waals surface area contributed by atoms with E-state index in [-0.39, 0.29) is 5.69 Å². The van der Waals surface area contributed by atoms with E-state index in [1.165, 1.54) is 7.11 Å². The molecule has 6 nitrogen and oxygen atoms in total. The van der Waals surface area contributed by atoms with Gasteiger partial charge in [-0.05, 0) is 26.0 Å². The summed E-state index contributed by atoms with van der Waals surface area (Å²) in [7, 11) is -2.86. The second-order valence-electron chi connectivity index (χ2n) is 3.63. The quantitative estimate of drug-likeness (QED) is 0.773. The van der Waals surface area contributed by atoms with Crippen LogP contribution in [0.25, 0.3) is 0 Å². The summed E-state index contributed by atoms with van der Waals surface area (Å²) < 4.78 is 37.4. The molecule has 0 unspecified atom stereocenters. The van der Waals surface area contributed by atoms with Gasteiger partial charge in [0.25, 0.3) is 0 Å². The second-order valence-corrected chi connectivity index (χ2v) is 4.79. The third kappa shape index (κ3) is 3.78. The van der Waals surface area contributed by atoms with Gasteiger partial charge in [0.05, 0.1) is 12.8 Å². The summed E-state index contributed by atoms with van der Waals surface area (Å²) in [5, 5.41) is 0. The highest BCUT2D eigenvalue weighted by molar-refractivity contribution is 7.87. The van der Waals surface area contributed by atoms with E-state index in [0.717, 1.165) is 18.8 Å². The Balaban J connectivity index is 3.11. The van der Waals surface area contributed by atoms with Gasteiger partial charge in [-0.15, -0.1) is 0 Å². The lowest BCUT2D eigenvalue weighted by Gasteiger charge is -2.22. The smallest absolute Gasteiger partial charge is 0.357 e. The summed E-state index contributed by atoms with van der Waals surface area (Å²) in [6.07, 6.45) is 0. The van der Waals surface area contributed by atoms with Crippen LogP contribution in [-0.4, -0.2) is 33.2 Å². The first-order chi connectivity index (χ1) is 8.41. The summed E-state index contributed by atoms with van der Waals surface area (Å²) >= 11 is 0. The van der Waals surface area contributed by atoms with Gasteiger partial charge >= 0.3 is 10.3 Å². The molecule has 0 bridgehead atoms. The Morgan fingerprint density at radius 3 is 2.39 bits per heavy atom. The molecule has 0 aliphatic rings. The standard InChI is InChI=1S/C11H18N2O4S/c1-4-13(5-2)9-6-7-10(11(8-9)17-3)12-18(14,15)16/h6-8,12H,4-5H2,1-3H3,(H,14,15,16). The Morgan fingerprint density at radius 1 is 1.33 bits per heavy atom. The minimum Gasteiger partial charge on any atom is -0.494 e. The number of methoxy groups -OCH3 is 1. The van der Waals surface area contributed by atoms with Crippen LogP contribution in [0.5, 0.6) is 5.75 Å². The van der Waals surface area contributed by atoms with Crippen molar-refractivity contribution in [1.82, 2.24) is 0 Å². The molecule has 1 aromatic rings.